The van der Waals surface area contributed by atoms with Crippen LogP contribution in [0.15, 0.2) is 46.9 Å². The minimum Gasteiger partial charge on any atom is -0.464 e. The molecule has 0 N–H and O–H groups in total. The number of hydrogen-bond acceptors (Lipinski definition) is 4. The van der Waals surface area contributed by atoms with E-state index in [-0.39, 0.29) is 18.5 Å². The lowest BCUT2D eigenvalue weighted by Crippen LogP contribution is -2.47. The van der Waals surface area contributed by atoms with Crippen molar-refractivity contribution >= 4 is 11.9 Å². The Labute approximate surface area is 166 Å². The van der Waals surface area contributed by atoms with Gasteiger partial charge >= 0.3 is 6.03 Å². The summed E-state index contributed by atoms with van der Waals surface area (Å²) < 4.78 is 10.7. The average molecular weight is 387 g/mol. The van der Waals surface area contributed by atoms with Crippen molar-refractivity contribution in [2.45, 2.75) is 20.0 Å². The van der Waals surface area contributed by atoms with Gasteiger partial charge in [0, 0.05) is 34.3 Å². The normalized spacial score (nSPS) is 10.6. The van der Waals surface area contributed by atoms with Crippen molar-refractivity contribution < 1.29 is 18.7 Å². The number of methoxy groups -OCH3 is 1. The Hall–Kier alpha value is -2.80. The third-order valence-electron chi connectivity index (χ3n) is 4.26. The molecule has 0 fully saturated rings. The molecular weight excluding hydrogens is 358 g/mol. The number of aryl methyl sites for hydroxylation is 1. The smallest absolute Gasteiger partial charge is 0.320 e. The summed E-state index contributed by atoms with van der Waals surface area (Å²) in [4.78, 5) is 30.2. The second-order valence-electron chi connectivity index (χ2n) is 6.84. The van der Waals surface area contributed by atoms with Crippen LogP contribution in [0.25, 0.3) is 0 Å². The van der Waals surface area contributed by atoms with Crippen molar-refractivity contribution in [3.63, 3.8) is 0 Å². The number of benzene rings is 1. The molecule has 0 radical (unpaired) electrons. The van der Waals surface area contributed by atoms with Gasteiger partial charge in [0.1, 0.15) is 18.1 Å². The molecule has 0 spiro atoms. The molecule has 0 bridgehead atoms. The topological polar surface area (TPSA) is 66.2 Å². The average Bonchev–Trinajstić information content (AvgIpc) is 3.09. The van der Waals surface area contributed by atoms with Gasteiger partial charge in [0.2, 0.25) is 5.91 Å². The summed E-state index contributed by atoms with van der Waals surface area (Å²) in [7, 11) is 4.90. The van der Waals surface area contributed by atoms with Crippen LogP contribution in [-0.4, -0.2) is 67.5 Å². The highest BCUT2D eigenvalue weighted by atomic mass is 16.5. The molecule has 2 rings (SSSR count). The molecule has 0 aliphatic heterocycles. The Morgan fingerprint density at radius 1 is 1.00 bits per heavy atom. The summed E-state index contributed by atoms with van der Waals surface area (Å²) >= 11 is 0. The van der Waals surface area contributed by atoms with Crippen LogP contribution in [0.4, 0.5) is 4.79 Å². The van der Waals surface area contributed by atoms with Gasteiger partial charge in [0.25, 0.3) is 0 Å². The fourth-order valence-corrected chi connectivity index (χ4v) is 2.78. The highest BCUT2D eigenvalue weighted by Crippen LogP contribution is 2.14. The third kappa shape index (κ3) is 6.42. The molecule has 2 aromatic rings. The molecule has 0 saturated heterocycles. The van der Waals surface area contributed by atoms with Crippen LogP contribution in [0.1, 0.15) is 17.1 Å². The van der Waals surface area contributed by atoms with E-state index < -0.39 is 0 Å². The van der Waals surface area contributed by atoms with Crippen LogP contribution in [-0.2, 0) is 22.6 Å². The molecular formula is C21H29N3O4. The predicted molar refractivity (Wildman–Crippen MR) is 107 cm³/mol. The number of hydrogen-bond donors (Lipinski definition) is 0. The molecule has 0 unspecified atom stereocenters. The number of amides is 3. The predicted octanol–water partition coefficient (Wildman–Crippen LogP) is 2.75. The monoisotopic (exact) mass is 387 g/mol. The van der Waals surface area contributed by atoms with Crippen LogP contribution >= 0.6 is 0 Å². The molecule has 0 atom stereocenters. The molecule has 0 aliphatic rings. The molecule has 0 aliphatic carbocycles. The van der Waals surface area contributed by atoms with Crippen molar-refractivity contribution in [3.8, 4) is 0 Å². The standard InChI is InChI=1S/C21H29N3O4/c1-17-10-11-19(28-17)15-24(14-18-8-6-5-7-9-18)20(25)16-23(12-13-27-4)21(26)22(2)3/h5-11H,12-16H2,1-4H3. The minimum absolute atomic E-state index is 0.0209. The first kappa shape index (κ1) is 21.5. The minimum atomic E-state index is -0.223. The maximum atomic E-state index is 13.1. The highest BCUT2D eigenvalue weighted by molar-refractivity contribution is 5.84. The Kier molecular flexibility index (Phi) is 8.07. The van der Waals surface area contributed by atoms with Gasteiger partial charge in [-0.1, -0.05) is 30.3 Å². The molecule has 7 heteroatoms. The van der Waals surface area contributed by atoms with Gasteiger partial charge in [-0.25, -0.2) is 4.79 Å². The lowest BCUT2D eigenvalue weighted by atomic mass is 10.2. The fourth-order valence-electron chi connectivity index (χ4n) is 2.78. The largest absolute Gasteiger partial charge is 0.464 e. The van der Waals surface area contributed by atoms with E-state index in [9.17, 15) is 9.59 Å². The van der Waals surface area contributed by atoms with Crippen molar-refractivity contribution in [2.75, 3.05) is 40.9 Å². The number of furan rings is 1. The first-order valence-electron chi connectivity index (χ1n) is 9.23. The van der Waals surface area contributed by atoms with E-state index in [2.05, 4.69) is 0 Å². The van der Waals surface area contributed by atoms with E-state index in [1.54, 1.807) is 26.1 Å². The molecule has 152 valence electrons. The van der Waals surface area contributed by atoms with Crippen molar-refractivity contribution in [1.29, 1.82) is 0 Å². The van der Waals surface area contributed by atoms with Crippen LogP contribution in [0.3, 0.4) is 0 Å². The van der Waals surface area contributed by atoms with E-state index in [4.69, 9.17) is 9.15 Å². The SMILES string of the molecule is COCCN(CC(=O)N(Cc1ccccc1)Cc1ccc(C)o1)C(=O)N(C)C. The van der Waals surface area contributed by atoms with Crippen LogP contribution < -0.4 is 0 Å². The summed E-state index contributed by atoms with van der Waals surface area (Å²) in [5.74, 6) is 1.36. The Bertz CT molecular complexity index is 758. The number of carbonyl (C=O) groups is 2. The first-order valence-corrected chi connectivity index (χ1v) is 9.23. The zero-order valence-electron chi connectivity index (χ0n) is 17.1. The molecule has 1 heterocycles. The van der Waals surface area contributed by atoms with E-state index in [0.717, 1.165) is 11.3 Å². The Morgan fingerprint density at radius 3 is 2.29 bits per heavy atom. The zero-order valence-corrected chi connectivity index (χ0v) is 17.1. The fraction of sp³-hybridized carbons (Fsp3) is 0.429. The zero-order chi connectivity index (χ0) is 20.5. The van der Waals surface area contributed by atoms with Gasteiger partial charge in [-0.3, -0.25) is 4.79 Å². The number of urea groups is 1. The van der Waals surface area contributed by atoms with Crippen LogP contribution in [0.5, 0.6) is 0 Å². The second-order valence-corrected chi connectivity index (χ2v) is 6.84. The number of nitrogens with zero attached hydrogens (tertiary/aromatic N) is 3. The Morgan fingerprint density at radius 2 is 1.71 bits per heavy atom. The maximum absolute atomic E-state index is 13.1. The van der Waals surface area contributed by atoms with Gasteiger partial charge < -0.3 is 23.9 Å². The molecule has 3 amide bonds. The molecule has 28 heavy (non-hydrogen) atoms. The van der Waals surface area contributed by atoms with Crippen LogP contribution in [0.2, 0.25) is 0 Å². The molecule has 0 saturated carbocycles. The lowest BCUT2D eigenvalue weighted by Gasteiger charge is -2.29. The van der Waals surface area contributed by atoms with Gasteiger partial charge in [0.15, 0.2) is 0 Å². The van der Waals surface area contributed by atoms with Crippen molar-refractivity contribution in [2.24, 2.45) is 0 Å². The van der Waals surface area contributed by atoms with Gasteiger partial charge in [0.05, 0.1) is 13.2 Å². The second kappa shape index (κ2) is 10.5. The van der Waals surface area contributed by atoms with Gasteiger partial charge in [-0.05, 0) is 24.6 Å². The van der Waals surface area contributed by atoms with E-state index >= 15 is 0 Å². The molecule has 1 aromatic carbocycles. The van der Waals surface area contributed by atoms with Gasteiger partial charge in [-0.15, -0.1) is 0 Å². The summed E-state index contributed by atoms with van der Waals surface area (Å²) in [5, 5.41) is 0. The highest BCUT2D eigenvalue weighted by Gasteiger charge is 2.23. The van der Waals surface area contributed by atoms with E-state index in [1.165, 1.54) is 9.80 Å². The number of rotatable bonds is 9. The molecule has 1 aromatic heterocycles. The molecule has 7 nitrogen and oxygen atoms in total. The third-order valence-corrected chi connectivity index (χ3v) is 4.26. The summed E-state index contributed by atoms with van der Waals surface area (Å²) in [6, 6.07) is 13.3. The van der Waals surface area contributed by atoms with Crippen molar-refractivity contribution in [3.05, 3.63) is 59.5 Å². The summed E-state index contributed by atoms with van der Waals surface area (Å²) in [6.45, 7) is 3.34. The quantitative estimate of drug-likeness (QED) is 0.664. The van der Waals surface area contributed by atoms with Crippen molar-refractivity contribution in [1.82, 2.24) is 14.7 Å². The lowest BCUT2D eigenvalue weighted by molar-refractivity contribution is -0.133. The Balaban J connectivity index is 2.16. The number of carbonyl (C=O) groups excluding carboxylic acids is 2. The van der Waals surface area contributed by atoms with Crippen LogP contribution in [0, 0.1) is 6.92 Å². The summed E-state index contributed by atoms with van der Waals surface area (Å²) in [6.07, 6.45) is 0. The van der Waals surface area contributed by atoms with Gasteiger partial charge in [-0.2, -0.15) is 0 Å². The summed E-state index contributed by atoms with van der Waals surface area (Å²) in [5.41, 5.74) is 1.02. The first-order chi connectivity index (χ1) is 13.4. The number of ether oxygens (including phenoxy) is 1. The van der Waals surface area contributed by atoms with E-state index in [1.807, 2.05) is 49.4 Å². The maximum Gasteiger partial charge on any atom is 0.320 e. The van der Waals surface area contributed by atoms with E-state index in [0.29, 0.717) is 32.0 Å².